The molecule has 3 rings (SSSR count). The Labute approximate surface area is 116 Å². The molecule has 0 radical (unpaired) electrons. The molecule has 0 spiro atoms. The van der Waals surface area contributed by atoms with Crippen LogP contribution >= 0.6 is 0 Å². The fourth-order valence-corrected chi connectivity index (χ4v) is 2.59. The van der Waals surface area contributed by atoms with Crippen molar-refractivity contribution in [3.8, 4) is 16.9 Å². The quantitative estimate of drug-likeness (QED) is 0.910. The summed E-state index contributed by atoms with van der Waals surface area (Å²) in [5, 5.41) is 2.80. The number of hydrogen-bond donors (Lipinski definition) is 1. The van der Waals surface area contributed by atoms with Gasteiger partial charge in [-0.3, -0.25) is 4.79 Å². The smallest absolute Gasteiger partial charge is 0.228 e. The molecule has 0 aliphatic carbocycles. The van der Waals surface area contributed by atoms with Gasteiger partial charge in [0.2, 0.25) is 5.91 Å². The lowest BCUT2D eigenvalue weighted by Gasteiger charge is -2.13. The highest BCUT2D eigenvalue weighted by Crippen LogP contribution is 2.38. The lowest BCUT2D eigenvalue weighted by atomic mass is 9.95. The van der Waals surface area contributed by atoms with Crippen LogP contribution in [-0.2, 0) is 11.2 Å². The lowest BCUT2D eigenvalue weighted by Crippen LogP contribution is -2.03. The van der Waals surface area contributed by atoms with Crippen molar-refractivity contribution in [2.45, 2.75) is 13.3 Å². The first-order valence-electron chi connectivity index (χ1n) is 6.36. The van der Waals surface area contributed by atoms with Crippen molar-refractivity contribution in [1.82, 2.24) is 0 Å². The normalized spacial score (nSPS) is 13.1. The predicted molar refractivity (Wildman–Crippen MR) is 75.5 cm³/mol. The van der Waals surface area contributed by atoms with E-state index in [4.69, 9.17) is 4.74 Å². The summed E-state index contributed by atoms with van der Waals surface area (Å²) in [5.74, 6) is 0.132. The third-order valence-electron chi connectivity index (χ3n) is 3.54. The van der Waals surface area contributed by atoms with Gasteiger partial charge in [0, 0.05) is 5.69 Å². The van der Waals surface area contributed by atoms with Gasteiger partial charge in [0.05, 0.1) is 19.1 Å². The Bertz CT molecular complexity index is 710. The van der Waals surface area contributed by atoms with E-state index in [0.717, 1.165) is 22.4 Å². The second-order valence-corrected chi connectivity index (χ2v) is 4.87. The minimum Gasteiger partial charge on any atom is -0.496 e. The molecule has 0 saturated carbocycles. The van der Waals surface area contributed by atoms with Crippen LogP contribution in [0.3, 0.4) is 0 Å². The van der Waals surface area contributed by atoms with E-state index in [1.54, 1.807) is 12.1 Å². The Balaban J connectivity index is 2.22. The molecule has 1 amide bonds. The number of nitrogens with one attached hydrogen (secondary N) is 1. The Morgan fingerprint density at radius 2 is 2.10 bits per heavy atom. The van der Waals surface area contributed by atoms with Crippen LogP contribution in [0.15, 0.2) is 30.3 Å². The number of benzene rings is 2. The monoisotopic (exact) mass is 271 g/mol. The standard InChI is InChI=1S/C16H14FNO2/c1-9-6-13-10(8-15(19)18-13)7-11(9)16-12(17)4-3-5-14(16)20-2/h3-7H,8H2,1-2H3,(H,18,19). The van der Waals surface area contributed by atoms with Gasteiger partial charge in [0.15, 0.2) is 0 Å². The minimum absolute atomic E-state index is 0.0305. The highest BCUT2D eigenvalue weighted by atomic mass is 19.1. The van der Waals surface area contributed by atoms with Crippen molar-refractivity contribution in [2.24, 2.45) is 0 Å². The number of ether oxygens (including phenoxy) is 1. The van der Waals surface area contributed by atoms with Gasteiger partial charge in [-0.05, 0) is 47.9 Å². The molecule has 3 nitrogen and oxygen atoms in total. The predicted octanol–water partition coefficient (Wildman–Crippen LogP) is 3.30. The first kappa shape index (κ1) is 12.7. The van der Waals surface area contributed by atoms with Gasteiger partial charge in [0.1, 0.15) is 11.6 Å². The number of carbonyl (C=O) groups excluding carboxylic acids is 1. The van der Waals surface area contributed by atoms with Gasteiger partial charge in [0.25, 0.3) is 0 Å². The molecule has 0 fully saturated rings. The summed E-state index contributed by atoms with van der Waals surface area (Å²) in [6.45, 7) is 1.89. The number of fused-ring (bicyclic) bond motifs is 1. The first-order valence-corrected chi connectivity index (χ1v) is 6.36. The third-order valence-corrected chi connectivity index (χ3v) is 3.54. The zero-order valence-corrected chi connectivity index (χ0v) is 11.3. The van der Waals surface area contributed by atoms with Crippen LogP contribution in [0.2, 0.25) is 0 Å². The van der Waals surface area contributed by atoms with E-state index < -0.39 is 0 Å². The molecule has 1 aliphatic rings. The molecular formula is C16H14FNO2. The maximum Gasteiger partial charge on any atom is 0.228 e. The zero-order valence-electron chi connectivity index (χ0n) is 11.3. The molecule has 0 bridgehead atoms. The molecule has 4 heteroatoms. The van der Waals surface area contributed by atoms with E-state index in [1.807, 2.05) is 19.1 Å². The van der Waals surface area contributed by atoms with Crippen LogP contribution in [0.25, 0.3) is 11.1 Å². The maximum atomic E-state index is 14.2. The van der Waals surface area contributed by atoms with Crippen LogP contribution < -0.4 is 10.1 Å². The summed E-state index contributed by atoms with van der Waals surface area (Å²) in [6, 6.07) is 8.50. The number of anilines is 1. The van der Waals surface area contributed by atoms with Crippen LogP contribution in [0.1, 0.15) is 11.1 Å². The molecule has 1 aliphatic heterocycles. The number of carbonyl (C=O) groups is 1. The molecule has 0 saturated heterocycles. The third kappa shape index (κ3) is 1.93. The Kier molecular flexibility index (Phi) is 2.93. The molecule has 20 heavy (non-hydrogen) atoms. The summed E-state index contributed by atoms with van der Waals surface area (Å²) < 4.78 is 19.4. The topological polar surface area (TPSA) is 38.3 Å². The van der Waals surface area contributed by atoms with Crippen LogP contribution in [0, 0.1) is 12.7 Å². The van der Waals surface area contributed by atoms with E-state index in [0.29, 0.717) is 17.7 Å². The number of methoxy groups -OCH3 is 1. The van der Waals surface area contributed by atoms with Gasteiger partial charge in [-0.1, -0.05) is 6.07 Å². The van der Waals surface area contributed by atoms with Crippen LogP contribution in [0.5, 0.6) is 5.75 Å². The number of aryl methyl sites for hydroxylation is 1. The largest absolute Gasteiger partial charge is 0.496 e. The molecule has 0 atom stereocenters. The van der Waals surface area contributed by atoms with Gasteiger partial charge in [-0.25, -0.2) is 4.39 Å². The highest BCUT2D eigenvalue weighted by molar-refractivity contribution is 6.00. The van der Waals surface area contributed by atoms with E-state index >= 15 is 0 Å². The van der Waals surface area contributed by atoms with Gasteiger partial charge >= 0.3 is 0 Å². The molecule has 0 aromatic heterocycles. The van der Waals surface area contributed by atoms with Crippen molar-refractivity contribution < 1.29 is 13.9 Å². The minimum atomic E-state index is -0.329. The second kappa shape index (κ2) is 4.63. The Morgan fingerprint density at radius 3 is 2.85 bits per heavy atom. The maximum absolute atomic E-state index is 14.2. The fraction of sp³-hybridized carbons (Fsp3) is 0.188. The van der Waals surface area contributed by atoms with Crippen molar-refractivity contribution in [2.75, 3.05) is 12.4 Å². The van der Waals surface area contributed by atoms with E-state index in [2.05, 4.69) is 5.32 Å². The molecule has 2 aromatic rings. The summed E-state index contributed by atoms with van der Waals surface area (Å²) in [4.78, 5) is 11.4. The van der Waals surface area contributed by atoms with E-state index in [1.165, 1.54) is 13.2 Å². The van der Waals surface area contributed by atoms with E-state index in [9.17, 15) is 9.18 Å². The van der Waals surface area contributed by atoms with Crippen molar-refractivity contribution in [3.05, 3.63) is 47.3 Å². The number of amides is 1. The molecule has 1 heterocycles. The lowest BCUT2D eigenvalue weighted by molar-refractivity contribution is -0.115. The second-order valence-electron chi connectivity index (χ2n) is 4.87. The summed E-state index contributed by atoms with van der Waals surface area (Å²) in [5.41, 5.74) is 3.80. The zero-order chi connectivity index (χ0) is 14.3. The van der Waals surface area contributed by atoms with Crippen molar-refractivity contribution in [3.63, 3.8) is 0 Å². The van der Waals surface area contributed by atoms with Gasteiger partial charge in [-0.15, -0.1) is 0 Å². The Morgan fingerprint density at radius 1 is 1.30 bits per heavy atom. The SMILES string of the molecule is COc1cccc(F)c1-c1cc2c(cc1C)NC(=O)C2. The van der Waals surface area contributed by atoms with Crippen molar-refractivity contribution >= 4 is 11.6 Å². The highest BCUT2D eigenvalue weighted by Gasteiger charge is 2.21. The molecule has 2 aromatic carbocycles. The fourth-order valence-electron chi connectivity index (χ4n) is 2.59. The van der Waals surface area contributed by atoms with Crippen LogP contribution in [0.4, 0.5) is 10.1 Å². The van der Waals surface area contributed by atoms with Gasteiger partial charge in [-0.2, -0.15) is 0 Å². The molecule has 1 N–H and O–H groups in total. The van der Waals surface area contributed by atoms with Gasteiger partial charge < -0.3 is 10.1 Å². The Hall–Kier alpha value is -2.36. The van der Waals surface area contributed by atoms with Crippen molar-refractivity contribution in [1.29, 1.82) is 0 Å². The summed E-state index contributed by atoms with van der Waals surface area (Å²) >= 11 is 0. The first-order chi connectivity index (χ1) is 9.60. The van der Waals surface area contributed by atoms with E-state index in [-0.39, 0.29) is 11.7 Å². The number of halogens is 1. The summed E-state index contributed by atoms with van der Waals surface area (Å²) in [6.07, 6.45) is 0.333. The molecular weight excluding hydrogens is 257 g/mol. The number of rotatable bonds is 2. The molecule has 102 valence electrons. The molecule has 0 unspecified atom stereocenters. The van der Waals surface area contributed by atoms with Crippen LogP contribution in [-0.4, -0.2) is 13.0 Å². The average molecular weight is 271 g/mol. The average Bonchev–Trinajstić information content (AvgIpc) is 2.77. The number of hydrogen-bond acceptors (Lipinski definition) is 2. The summed E-state index contributed by atoms with van der Waals surface area (Å²) in [7, 11) is 1.52.